The Bertz CT molecular complexity index is 601. The van der Waals surface area contributed by atoms with Crippen molar-refractivity contribution < 1.29 is 23.9 Å². The van der Waals surface area contributed by atoms with Crippen molar-refractivity contribution in [3.05, 3.63) is 35.9 Å². The number of ether oxygens (including phenoxy) is 2. The molecule has 1 saturated heterocycles. The van der Waals surface area contributed by atoms with Gasteiger partial charge in [-0.15, -0.1) is 0 Å². The van der Waals surface area contributed by atoms with Crippen LogP contribution in [0, 0.1) is 0 Å². The van der Waals surface area contributed by atoms with Crippen LogP contribution in [-0.2, 0) is 25.7 Å². The largest absolute Gasteiger partial charge is 0.466 e. The van der Waals surface area contributed by atoms with Gasteiger partial charge in [0, 0.05) is 6.54 Å². The molecule has 0 spiro atoms. The van der Waals surface area contributed by atoms with Crippen molar-refractivity contribution in [2.24, 2.45) is 0 Å². The predicted octanol–water partition coefficient (Wildman–Crippen LogP) is 2.70. The molecule has 1 heterocycles. The molecule has 1 unspecified atom stereocenters. The summed E-state index contributed by atoms with van der Waals surface area (Å²) < 4.78 is 10.2. The monoisotopic (exact) mass is 333 g/mol. The van der Waals surface area contributed by atoms with Gasteiger partial charge in [-0.25, -0.2) is 4.79 Å². The Morgan fingerprint density at radius 2 is 1.88 bits per heavy atom. The third-order valence-corrected chi connectivity index (χ3v) is 4.28. The summed E-state index contributed by atoms with van der Waals surface area (Å²) >= 11 is 0. The maximum atomic E-state index is 12.5. The molecule has 0 aliphatic carbocycles. The summed E-state index contributed by atoms with van der Waals surface area (Å²) in [5.74, 6) is -0.872. The molecule has 1 aromatic carbocycles. The van der Waals surface area contributed by atoms with Gasteiger partial charge >= 0.3 is 12.1 Å². The van der Waals surface area contributed by atoms with Gasteiger partial charge in [-0.2, -0.15) is 0 Å². The molecule has 0 bridgehead atoms. The lowest BCUT2D eigenvalue weighted by Gasteiger charge is -2.32. The van der Waals surface area contributed by atoms with Gasteiger partial charge in [0.25, 0.3) is 0 Å². The van der Waals surface area contributed by atoms with Crippen molar-refractivity contribution in [2.75, 3.05) is 13.2 Å². The fourth-order valence-electron chi connectivity index (χ4n) is 2.88. The summed E-state index contributed by atoms with van der Waals surface area (Å²) in [7, 11) is 0. The maximum Gasteiger partial charge on any atom is 0.410 e. The normalized spacial score (nSPS) is 19.8. The molecule has 1 aliphatic rings. The number of hydrogen-bond acceptors (Lipinski definition) is 5. The lowest BCUT2D eigenvalue weighted by atomic mass is 9.91. The van der Waals surface area contributed by atoms with Crippen LogP contribution in [0.3, 0.4) is 0 Å². The van der Waals surface area contributed by atoms with Crippen LogP contribution in [0.2, 0.25) is 0 Å². The third kappa shape index (κ3) is 4.13. The molecule has 130 valence electrons. The van der Waals surface area contributed by atoms with Gasteiger partial charge in [0.05, 0.1) is 6.61 Å². The molecule has 1 fully saturated rings. The van der Waals surface area contributed by atoms with E-state index in [-0.39, 0.29) is 25.4 Å². The van der Waals surface area contributed by atoms with Gasteiger partial charge in [-0.3, -0.25) is 14.5 Å². The van der Waals surface area contributed by atoms with E-state index in [2.05, 4.69) is 0 Å². The van der Waals surface area contributed by atoms with Crippen molar-refractivity contribution in [3.63, 3.8) is 0 Å². The number of hydrogen-bond donors (Lipinski definition) is 0. The van der Waals surface area contributed by atoms with Crippen LogP contribution in [0.4, 0.5) is 4.79 Å². The number of rotatable bonds is 6. The summed E-state index contributed by atoms with van der Waals surface area (Å²) in [5, 5.41) is 0. The van der Waals surface area contributed by atoms with Crippen LogP contribution in [0.25, 0.3) is 0 Å². The highest BCUT2D eigenvalue weighted by Crippen LogP contribution is 2.31. The second kappa shape index (κ2) is 7.95. The average molecular weight is 333 g/mol. The quantitative estimate of drug-likeness (QED) is 0.591. The van der Waals surface area contributed by atoms with Crippen LogP contribution >= 0.6 is 0 Å². The van der Waals surface area contributed by atoms with Crippen LogP contribution < -0.4 is 0 Å². The van der Waals surface area contributed by atoms with E-state index in [1.54, 1.807) is 13.8 Å². The van der Waals surface area contributed by atoms with Gasteiger partial charge in [0.1, 0.15) is 18.6 Å². The van der Waals surface area contributed by atoms with Crippen LogP contribution in [-0.4, -0.2) is 41.4 Å². The number of likely N-dealkylation sites (tertiary alicyclic amines) is 1. The fraction of sp³-hybridized carbons (Fsp3) is 0.500. The SMILES string of the molecule is CCOC(=O)CC(=O)C1(C)CCCN1C(=O)OCc1ccccc1. The first-order valence-electron chi connectivity index (χ1n) is 8.14. The first-order chi connectivity index (χ1) is 11.5. The second-order valence-corrected chi connectivity index (χ2v) is 5.97. The highest BCUT2D eigenvalue weighted by atomic mass is 16.6. The Morgan fingerprint density at radius 3 is 2.54 bits per heavy atom. The van der Waals surface area contributed by atoms with E-state index in [0.717, 1.165) is 5.56 Å². The number of Topliss-reactive ketones (excluding diaryl/α,β-unsaturated/α-hetero) is 1. The molecule has 24 heavy (non-hydrogen) atoms. The topological polar surface area (TPSA) is 72.9 Å². The zero-order valence-corrected chi connectivity index (χ0v) is 14.1. The van der Waals surface area contributed by atoms with E-state index in [1.807, 2.05) is 30.3 Å². The van der Waals surface area contributed by atoms with Crippen LogP contribution in [0.5, 0.6) is 0 Å². The first kappa shape index (κ1) is 18.0. The Hall–Kier alpha value is -2.37. The molecular formula is C18H23NO5. The Morgan fingerprint density at radius 1 is 1.17 bits per heavy atom. The van der Waals surface area contributed by atoms with Crippen molar-refractivity contribution in [3.8, 4) is 0 Å². The average Bonchev–Trinajstić information content (AvgIpc) is 2.97. The van der Waals surface area contributed by atoms with Gasteiger partial charge in [-0.1, -0.05) is 30.3 Å². The number of amides is 1. The highest BCUT2D eigenvalue weighted by molar-refractivity contribution is 6.02. The molecule has 0 N–H and O–H groups in total. The Labute approximate surface area is 141 Å². The van der Waals surface area contributed by atoms with E-state index in [0.29, 0.717) is 19.4 Å². The van der Waals surface area contributed by atoms with E-state index in [4.69, 9.17) is 9.47 Å². The smallest absolute Gasteiger partial charge is 0.410 e. The maximum absolute atomic E-state index is 12.5. The lowest BCUT2D eigenvalue weighted by molar-refractivity contribution is -0.147. The minimum atomic E-state index is -1.01. The van der Waals surface area contributed by atoms with E-state index >= 15 is 0 Å². The summed E-state index contributed by atoms with van der Waals surface area (Å²) in [4.78, 5) is 37.9. The zero-order chi connectivity index (χ0) is 17.6. The number of nitrogens with zero attached hydrogens (tertiary/aromatic N) is 1. The minimum Gasteiger partial charge on any atom is -0.466 e. The summed E-state index contributed by atoms with van der Waals surface area (Å²) in [6.45, 7) is 4.20. The molecule has 2 rings (SSSR count). The first-order valence-corrected chi connectivity index (χ1v) is 8.14. The van der Waals surface area contributed by atoms with Crippen molar-refractivity contribution in [1.82, 2.24) is 4.90 Å². The molecule has 6 nitrogen and oxygen atoms in total. The van der Waals surface area contributed by atoms with Gasteiger partial charge < -0.3 is 9.47 Å². The van der Waals surface area contributed by atoms with Crippen molar-refractivity contribution in [2.45, 2.75) is 45.3 Å². The zero-order valence-electron chi connectivity index (χ0n) is 14.1. The van der Waals surface area contributed by atoms with Crippen LogP contribution in [0.15, 0.2) is 30.3 Å². The summed E-state index contributed by atoms with van der Waals surface area (Å²) in [5.41, 5.74) is -0.134. The third-order valence-electron chi connectivity index (χ3n) is 4.28. The molecule has 6 heteroatoms. The Kier molecular flexibility index (Phi) is 5.95. The second-order valence-electron chi connectivity index (χ2n) is 5.97. The lowest BCUT2D eigenvalue weighted by Crippen LogP contribution is -2.51. The van der Waals surface area contributed by atoms with Gasteiger partial charge in [-0.05, 0) is 32.3 Å². The van der Waals surface area contributed by atoms with Gasteiger partial charge in [0.15, 0.2) is 5.78 Å². The predicted molar refractivity (Wildman–Crippen MR) is 87.2 cm³/mol. The number of benzene rings is 1. The fourth-order valence-corrected chi connectivity index (χ4v) is 2.88. The number of carbonyl (C=O) groups excluding carboxylic acids is 3. The molecule has 1 amide bonds. The van der Waals surface area contributed by atoms with E-state index < -0.39 is 17.6 Å². The van der Waals surface area contributed by atoms with Crippen molar-refractivity contribution >= 4 is 17.8 Å². The molecule has 0 aromatic heterocycles. The van der Waals surface area contributed by atoms with Gasteiger partial charge in [0.2, 0.25) is 0 Å². The Balaban J connectivity index is 1.98. The van der Waals surface area contributed by atoms with Crippen molar-refractivity contribution in [1.29, 1.82) is 0 Å². The molecule has 1 aromatic rings. The highest BCUT2D eigenvalue weighted by Gasteiger charge is 2.46. The molecule has 0 radical (unpaired) electrons. The minimum absolute atomic E-state index is 0.151. The van der Waals surface area contributed by atoms with E-state index in [9.17, 15) is 14.4 Å². The summed E-state index contributed by atoms with van der Waals surface area (Å²) in [6, 6.07) is 9.35. The molecule has 1 atom stereocenters. The molecule has 0 saturated carbocycles. The summed E-state index contributed by atoms with van der Waals surface area (Å²) in [6.07, 6.45) is 0.361. The standard InChI is InChI=1S/C18H23NO5/c1-3-23-16(21)12-15(20)18(2)10-7-11-19(18)17(22)24-13-14-8-5-4-6-9-14/h4-6,8-9H,3,7,10-13H2,1-2H3. The number of ketones is 1. The number of carbonyl (C=O) groups is 3. The van der Waals surface area contributed by atoms with Crippen LogP contribution in [0.1, 0.15) is 38.7 Å². The number of esters is 1. The van der Waals surface area contributed by atoms with E-state index in [1.165, 1.54) is 4.90 Å². The molecular weight excluding hydrogens is 310 g/mol. The molecule has 1 aliphatic heterocycles.